The molecule has 1 aliphatic rings. The van der Waals surface area contributed by atoms with E-state index in [-0.39, 0.29) is 42.9 Å². The molecule has 1 aliphatic heterocycles. The maximum Gasteiger partial charge on any atom is 0.258 e. The second kappa shape index (κ2) is 11.8. The predicted octanol–water partition coefficient (Wildman–Crippen LogP) is 1.65. The summed E-state index contributed by atoms with van der Waals surface area (Å²) in [6.45, 7) is 1.08. The number of carbonyl (C=O) groups excluding carboxylic acids is 1. The van der Waals surface area contributed by atoms with Gasteiger partial charge in [-0.2, -0.15) is 4.98 Å². The van der Waals surface area contributed by atoms with Crippen molar-refractivity contribution in [3.63, 3.8) is 0 Å². The van der Waals surface area contributed by atoms with Gasteiger partial charge < -0.3 is 25.4 Å². The molecule has 1 atom stereocenters. The summed E-state index contributed by atoms with van der Waals surface area (Å²) in [4.78, 5) is 43.3. The number of aliphatic hydroxyl groups is 1. The van der Waals surface area contributed by atoms with Crippen LogP contribution in [0.25, 0.3) is 0 Å². The number of halogens is 1. The first-order valence-electron chi connectivity index (χ1n) is 11.6. The van der Waals surface area contributed by atoms with Crippen molar-refractivity contribution in [3.05, 3.63) is 69.0 Å². The number of aromatic amines is 1. The second-order valence-electron chi connectivity index (χ2n) is 8.33. The highest BCUT2D eigenvalue weighted by Gasteiger charge is 2.27. The van der Waals surface area contributed by atoms with Gasteiger partial charge >= 0.3 is 0 Å². The van der Waals surface area contributed by atoms with Gasteiger partial charge in [0.25, 0.3) is 5.56 Å². The van der Waals surface area contributed by atoms with Crippen molar-refractivity contribution in [3.8, 4) is 5.75 Å². The van der Waals surface area contributed by atoms with Crippen LogP contribution in [0.5, 0.6) is 5.75 Å². The van der Waals surface area contributed by atoms with Crippen LogP contribution in [0, 0.1) is 0 Å². The number of hydrogen-bond acceptors (Lipinski definition) is 9. The van der Waals surface area contributed by atoms with Gasteiger partial charge in [0.1, 0.15) is 17.4 Å². The van der Waals surface area contributed by atoms with Gasteiger partial charge in [0.2, 0.25) is 11.9 Å². The zero-order valence-corrected chi connectivity index (χ0v) is 20.6. The number of ether oxygens (including phenoxy) is 1. The van der Waals surface area contributed by atoms with E-state index in [0.717, 1.165) is 18.4 Å². The highest BCUT2D eigenvalue weighted by molar-refractivity contribution is 6.32. The van der Waals surface area contributed by atoms with E-state index in [2.05, 4.69) is 30.6 Å². The minimum atomic E-state index is -0.426. The Balaban J connectivity index is 1.57. The molecule has 12 heteroatoms. The number of aromatic nitrogens is 4. The van der Waals surface area contributed by atoms with Crippen LogP contribution < -0.4 is 25.8 Å². The Morgan fingerprint density at radius 1 is 1.31 bits per heavy atom. The molecule has 0 bridgehead atoms. The number of nitrogens with zero attached hydrogens (tertiary/aromatic N) is 4. The van der Waals surface area contributed by atoms with Crippen molar-refractivity contribution in [1.82, 2.24) is 25.3 Å². The van der Waals surface area contributed by atoms with Gasteiger partial charge in [0.05, 0.1) is 43.3 Å². The summed E-state index contributed by atoms with van der Waals surface area (Å²) < 4.78 is 5.20. The molecule has 4 rings (SSSR count). The molecule has 1 amide bonds. The van der Waals surface area contributed by atoms with E-state index in [4.69, 9.17) is 16.3 Å². The molecule has 11 nitrogen and oxygen atoms in total. The van der Waals surface area contributed by atoms with Crippen molar-refractivity contribution in [2.24, 2.45) is 0 Å². The summed E-state index contributed by atoms with van der Waals surface area (Å²) >= 11 is 6.25. The highest BCUT2D eigenvalue weighted by Crippen LogP contribution is 2.26. The average molecular weight is 514 g/mol. The average Bonchev–Trinajstić information content (AvgIpc) is 3.37. The number of carbonyl (C=O) groups is 1. The van der Waals surface area contributed by atoms with Gasteiger partial charge in [-0.1, -0.05) is 17.7 Å². The lowest BCUT2D eigenvalue weighted by Crippen LogP contribution is -2.36. The van der Waals surface area contributed by atoms with Crippen LogP contribution in [0.1, 0.15) is 29.8 Å². The monoisotopic (exact) mass is 513 g/mol. The fraction of sp³-hybridized carbons (Fsp3) is 0.375. The molecule has 4 N–H and O–H groups in total. The topological polar surface area (TPSA) is 145 Å². The van der Waals surface area contributed by atoms with Crippen LogP contribution in [-0.2, 0) is 24.3 Å². The molecule has 3 heterocycles. The zero-order valence-electron chi connectivity index (χ0n) is 19.8. The number of anilines is 2. The van der Waals surface area contributed by atoms with E-state index in [1.807, 2.05) is 11.0 Å². The molecular formula is C24H28ClN7O4. The molecule has 1 aromatic carbocycles. The zero-order chi connectivity index (χ0) is 25.5. The summed E-state index contributed by atoms with van der Waals surface area (Å²) in [6, 6.07) is 6.93. The minimum absolute atomic E-state index is 0.0392. The normalized spacial score (nSPS) is 15.1. The number of aliphatic hydroxyl groups excluding tert-OH is 1. The predicted molar refractivity (Wildman–Crippen MR) is 135 cm³/mol. The minimum Gasteiger partial charge on any atom is -0.495 e. The number of hydrogen-bond donors (Lipinski definition) is 4. The van der Waals surface area contributed by atoms with Crippen molar-refractivity contribution < 1.29 is 14.6 Å². The van der Waals surface area contributed by atoms with Crippen molar-refractivity contribution >= 4 is 29.3 Å². The maximum atomic E-state index is 13.1. The van der Waals surface area contributed by atoms with Gasteiger partial charge in [-0.15, -0.1) is 0 Å². The smallest absolute Gasteiger partial charge is 0.258 e. The molecule has 1 saturated heterocycles. The Morgan fingerprint density at radius 3 is 2.83 bits per heavy atom. The molecular weight excluding hydrogens is 486 g/mol. The molecule has 0 spiro atoms. The van der Waals surface area contributed by atoms with E-state index in [1.165, 1.54) is 0 Å². The van der Waals surface area contributed by atoms with E-state index in [1.54, 1.807) is 37.7 Å². The van der Waals surface area contributed by atoms with Crippen LogP contribution in [0.3, 0.4) is 0 Å². The van der Waals surface area contributed by atoms with Crippen LogP contribution in [0.15, 0.2) is 41.5 Å². The molecule has 2 aromatic heterocycles. The third kappa shape index (κ3) is 6.10. The first kappa shape index (κ1) is 25.4. The number of nitrogens with one attached hydrogen (secondary N) is 3. The molecule has 0 saturated carbocycles. The fourth-order valence-corrected chi connectivity index (χ4v) is 4.34. The molecule has 1 unspecified atom stereocenters. The first-order chi connectivity index (χ1) is 17.5. The molecule has 3 aromatic rings. The van der Waals surface area contributed by atoms with Crippen LogP contribution >= 0.6 is 11.6 Å². The van der Waals surface area contributed by atoms with Crippen LogP contribution in [0.2, 0.25) is 5.02 Å². The molecule has 36 heavy (non-hydrogen) atoms. The Morgan fingerprint density at radius 2 is 2.11 bits per heavy atom. The lowest BCUT2D eigenvalue weighted by molar-refractivity contribution is -0.120. The SMILES string of the molecule is COc1ccc(CNc2nc(N3CCCC3CO)[nH]c(=O)c2CC(=O)NCc2ncccn2)cc1Cl. The fourth-order valence-electron chi connectivity index (χ4n) is 4.06. The van der Waals surface area contributed by atoms with E-state index < -0.39 is 5.56 Å². The lowest BCUT2D eigenvalue weighted by atomic mass is 10.1. The highest BCUT2D eigenvalue weighted by atomic mass is 35.5. The van der Waals surface area contributed by atoms with Gasteiger partial charge in [-0.25, -0.2) is 9.97 Å². The Labute approximate surface area is 212 Å². The maximum absolute atomic E-state index is 13.1. The van der Waals surface area contributed by atoms with Crippen LogP contribution in [0.4, 0.5) is 11.8 Å². The van der Waals surface area contributed by atoms with Gasteiger partial charge in [0.15, 0.2) is 0 Å². The van der Waals surface area contributed by atoms with Gasteiger partial charge in [0, 0.05) is 25.5 Å². The summed E-state index contributed by atoms with van der Waals surface area (Å²) in [5.74, 6) is 1.30. The lowest BCUT2D eigenvalue weighted by Gasteiger charge is -2.24. The quantitative estimate of drug-likeness (QED) is 0.318. The standard InChI is InChI=1S/C24H28ClN7O4/c1-36-19-6-5-15(10-18(19)25)12-29-22-17(11-21(34)28-13-20-26-7-3-8-27-20)23(35)31-24(30-22)32-9-2-4-16(32)14-33/h3,5-8,10,16,33H,2,4,9,11-14H2,1H3,(H,28,34)(H2,29,30,31,35). The molecule has 0 radical (unpaired) electrons. The van der Waals surface area contributed by atoms with E-state index in [0.29, 0.717) is 35.6 Å². The number of benzene rings is 1. The molecule has 1 fully saturated rings. The summed E-state index contributed by atoms with van der Waals surface area (Å²) in [6.07, 6.45) is 4.68. The number of H-pyrrole nitrogens is 1. The van der Waals surface area contributed by atoms with Gasteiger partial charge in [-0.05, 0) is 36.6 Å². The van der Waals surface area contributed by atoms with Gasteiger partial charge in [-0.3, -0.25) is 14.6 Å². The Kier molecular flexibility index (Phi) is 8.34. The summed E-state index contributed by atoms with van der Waals surface area (Å²) in [5, 5.41) is 16.1. The third-order valence-electron chi connectivity index (χ3n) is 5.94. The van der Waals surface area contributed by atoms with Crippen LogP contribution in [-0.4, -0.2) is 57.3 Å². The van der Waals surface area contributed by atoms with Crippen molar-refractivity contribution in [2.45, 2.75) is 38.4 Å². The van der Waals surface area contributed by atoms with E-state index in [9.17, 15) is 14.7 Å². The number of amides is 1. The number of methoxy groups -OCH3 is 1. The summed E-state index contributed by atoms with van der Waals surface area (Å²) in [7, 11) is 1.54. The Bertz CT molecular complexity index is 1250. The largest absolute Gasteiger partial charge is 0.495 e. The molecule has 190 valence electrons. The Hall–Kier alpha value is -3.70. The first-order valence-corrected chi connectivity index (χ1v) is 12.0. The number of rotatable bonds is 10. The second-order valence-corrected chi connectivity index (χ2v) is 8.74. The van der Waals surface area contributed by atoms with E-state index >= 15 is 0 Å². The molecule has 0 aliphatic carbocycles. The third-order valence-corrected chi connectivity index (χ3v) is 6.23. The summed E-state index contributed by atoms with van der Waals surface area (Å²) in [5.41, 5.74) is 0.616. The van der Waals surface area contributed by atoms with Crippen molar-refractivity contribution in [1.29, 1.82) is 0 Å². The van der Waals surface area contributed by atoms with Crippen molar-refractivity contribution in [2.75, 3.05) is 30.5 Å².